The zero-order chi connectivity index (χ0) is 19.2. The van der Waals surface area contributed by atoms with E-state index in [-0.39, 0.29) is 28.9 Å². The van der Waals surface area contributed by atoms with E-state index in [0.717, 1.165) is 44.0 Å². The van der Waals surface area contributed by atoms with E-state index in [1.807, 2.05) is 13.0 Å². The van der Waals surface area contributed by atoms with Gasteiger partial charge < -0.3 is 15.5 Å². The van der Waals surface area contributed by atoms with Crippen molar-refractivity contribution in [2.75, 3.05) is 19.6 Å². The van der Waals surface area contributed by atoms with Gasteiger partial charge in [0.05, 0.1) is 11.4 Å². The molecule has 4 N–H and O–H groups in total. The number of nitrogens with two attached hydrogens (primary N) is 1. The number of benzene rings is 1. The molecule has 0 amide bonds. The van der Waals surface area contributed by atoms with Crippen molar-refractivity contribution >= 4 is 40.0 Å². The van der Waals surface area contributed by atoms with Gasteiger partial charge in [-0.05, 0) is 51.3 Å². The van der Waals surface area contributed by atoms with Crippen LogP contribution in [-0.4, -0.2) is 51.0 Å². The number of piperidine rings is 1. The fourth-order valence-electron chi connectivity index (χ4n) is 3.06. The zero-order valence-corrected chi connectivity index (χ0v) is 19.5. The van der Waals surface area contributed by atoms with Crippen LogP contribution in [0.1, 0.15) is 39.2 Å². The lowest BCUT2D eigenvalue weighted by Gasteiger charge is -2.35. The highest BCUT2D eigenvalue weighted by Crippen LogP contribution is 2.13. The number of hydrogen-bond acceptors (Lipinski definition) is 4. The Hall–Kier alpha value is -0.910. The lowest BCUT2D eigenvalue weighted by Crippen LogP contribution is -2.49. The summed E-state index contributed by atoms with van der Waals surface area (Å²) in [6, 6.07) is 7.59. The Morgan fingerprint density at radius 2 is 2.00 bits per heavy atom. The molecule has 0 bridgehead atoms. The molecule has 0 aliphatic carbocycles. The van der Waals surface area contributed by atoms with E-state index in [9.17, 15) is 8.42 Å². The summed E-state index contributed by atoms with van der Waals surface area (Å²) in [5.74, 6) is 0.761. The van der Waals surface area contributed by atoms with Gasteiger partial charge in [-0.3, -0.25) is 0 Å². The Kier molecular flexibility index (Phi) is 9.99. The van der Waals surface area contributed by atoms with E-state index < -0.39 is 10.0 Å². The predicted molar refractivity (Wildman–Crippen MR) is 121 cm³/mol. The summed E-state index contributed by atoms with van der Waals surface area (Å²) in [7, 11) is -3.69. The van der Waals surface area contributed by atoms with Gasteiger partial charge >= 0.3 is 0 Å². The number of hydrogen-bond donors (Lipinski definition) is 3. The minimum atomic E-state index is -3.69. The molecular formula is C18H32IN5O2S. The number of guanidine groups is 1. The first-order chi connectivity index (χ1) is 12.3. The summed E-state index contributed by atoms with van der Waals surface area (Å²) in [4.78, 5) is 7.20. The van der Waals surface area contributed by atoms with Crippen LogP contribution in [0.5, 0.6) is 0 Å². The third-order valence-corrected chi connectivity index (χ3v) is 5.50. The van der Waals surface area contributed by atoms with Gasteiger partial charge in [0.1, 0.15) is 0 Å². The van der Waals surface area contributed by atoms with Gasteiger partial charge in [0.15, 0.2) is 5.96 Å². The normalized spacial score (nSPS) is 16.9. The molecule has 7 nitrogen and oxygen atoms in total. The van der Waals surface area contributed by atoms with Crippen molar-refractivity contribution in [3.05, 3.63) is 29.8 Å². The highest BCUT2D eigenvalue weighted by Gasteiger charge is 2.21. The Labute approximate surface area is 180 Å². The van der Waals surface area contributed by atoms with Gasteiger partial charge in [-0.25, -0.2) is 18.5 Å². The predicted octanol–water partition coefficient (Wildman–Crippen LogP) is 1.88. The summed E-state index contributed by atoms with van der Waals surface area (Å²) in [5, 5.41) is 12.0. The third-order valence-electron chi connectivity index (χ3n) is 4.59. The van der Waals surface area contributed by atoms with Crippen molar-refractivity contribution in [3.8, 4) is 0 Å². The summed E-state index contributed by atoms with van der Waals surface area (Å²) < 4.78 is 23.0. The molecule has 1 saturated heterocycles. The van der Waals surface area contributed by atoms with Gasteiger partial charge in [0.2, 0.25) is 10.0 Å². The van der Waals surface area contributed by atoms with Crippen LogP contribution in [0.25, 0.3) is 0 Å². The number of primary sulfonamides is 1. The topological polar surface area (TPSA) is 99.8 Å². The number of sulfonamides is 1. The summed E-state index contributed by atoms with van der Waals surface area (Å²) in [6.07, 6.45) is 2.17. The summed E-state index contributed by atoms with van der Waals surface area (Å²) >= 11 is 0. The van der Waals surface area contributed by atoms with Crippen LogP contribution >= 0.6 is 24.0 Å². The molecule has 1 aromatic carbocycles. The SMILES string of the molecule is CCNC(=NCc1cccc(S(N)(=O)=O)c1)NC1CCN(C(C)C)CC1.I. The van der Waals surface area contributed by atoms with Crippen molar-refractivity contribution in [2.45, 2.75) is 57.1 Å². The number of nitrogens with one attached hydrogen (secondary N) is 2. The monoisotopic (exact) mass is 509 g/mol. The Bertz CT molecular complexity index is 716. The van der Waals surface area contributed by atoms with Crippen LogP contribution in [-0.2, 0) is 16.6 Å². The van der Waals surface area contributed by atoms with Crippen LogP contribution in [0.4, 0.5) is 0 Å². The number of rotatable bonds is 6. The molecule has 1 aliphatic heterocycles. The van der Waals surface area contributed by atoms with E-state index in [1.165, 1.54) is 6.07 Å². The highest BCUT2D eigenvalue weighted by atomic mass is 127. The maximum atomic E-state index is 11.5. The molecule has 0 unspecified atom stereocenters. The van der Waals surface area contributed by atoms with E-state index >= 15 is 0 Å². The van der Waals surface area contributed by atoms with Gasteiger partial charge in [-0.1, -0.05) is 12.1 Å². The second kappa shape index (κ2) is 11.2. The molecule has 27 heavy (non-hydrogen) atoms. The van der Waals surface area contributed by atoms with Crippen LogP contribution in [0.3, 0.4) is 0 Å². The fraction of sp³-hybridized carbons (Fsp3) is 0.611. The Balaban J connectivity index is 0.00000364. The van der Waals surface area contributed by atoms with E-state index in [0.29, 0.717) is 18.6 Å². The molecule has 0 spiro atoms. The van der Waals surface area contributed by atoms with Gasteiger partial charge in [0, 0.05) is 31.7 Å². The smallest absolute Gasteiger partial charge is 0.238 e. The number of nitrogens with zero attached hydrogens (tertiary/aromatic N) is 2. The molecule has 0 aromatic heterocycles. The van der Waals surface area contributed by atoms with E-state index in [2.05, 4.69) is 34.4 Å². The quantitative estimate of drug-likeness (QED) is 0.309. The first-order valence-electron chi connectivity index (χ1n) is 9.20. The number of halogens is 1. The standard InChI is InChI=1S/C18H31N5O2S.HI/c1-4-20-18(22-16-8-10-23(11-9-16)14(2)3)21-13-15-6-5-7-17(12-15)26(19,24)25;/h5-7,12,14,16H,4,8-11,13H2,1-3H3,(H2,19,24,25)(H2,20,21,22);1H. The molecule has 0 atom stereocenters. The van der Waals surface area contributed by atoms with E-state index in [4.69, 9.17) is 5.14 Å². The van der Waals surface area contributed by atoms with Crippen molar-refractivity contribution in [1.82, 2.24) is 15.5 Å². The van der Waals surface area contributed by atoms with Gasteiger partial charge in [-0.15, -0.1) is 24.0 Å². The third kappa shape index (κ3) is 7.92. The van der Waals surface area contributed by atoms with Crippen molar-refractivity contribution in [1.29, 1.82) is 0 Å². The average Bonchev–Trinajstić information content (AvgIpc) is 2.60. The molecule has 0 saturated carbocycles. The van der Waals surface area contributed by atoms with Gasteiger partial charge in [0.25, 0.3) is 0 Å². The van der Waals surface area contributed by atoms with E-state index in [1.54, 1.807) is 12.1 Å². The maximum Gasteiger partial charge on any atom is 0.238 e. The highest BCUT2D eigenvalue weighted by molar-refractivity contribution is 14.0. The largest absolute Gasteiger partial charge is 0.357 e. The summed E-state index contributed by atoms with van der Waals surface area (Å²) in [5.41, 5.74) is 0.809. The van der Waals surface area contributed by atoms with Crippen molar-refractivity contribution in [2.24, 2.45) is 10.1 Å². The fourth-order valence-corrected chi connectivity index (χ4v) is 3.65. The average molecular weight is 509 g/mol. The van der Waals surface area contributed by atoms with Crippen LogP contribution < -0.4 is 15.8 Å². The molecular weight excluding hydrogens is 477 g/mol. The lowest BCUT2D eigenvalue weighted by atomic mass is 10.0. The minimum Gasteiger partial charge on any atom is -0.357 e. The minimum absolute atomic E-state index is 0. The van der Waals surface area contributed by atoms with Crippen molar-refractivity contribution in [3.63, 3.8) is 0 Å². The molecule has 0 radical (unpaired) electrons. The first-order valence-corrected chi connectivity index (χ1v) is 10.7. The van der Waals surface area contributed by atoms with Crippen LogP contribution in [0.15, 0.2) is 34.2 Å². The molecule has 9 heteroatoms. The Morgan fingerprint density at radius 3 is 2.56 bits per heavy atom. The molecule has 1 heterocycles. The summed E-state index contributed by atoms with van der Waals surface area (Å²) in [6.45, 7) is 9.83. The molecule has 1 fully saturated rings. The maximum absolute atomic E-state index is 11.5. The Morgan fingerprint density at radius 1 is 1.33 bits per heavy atom. The first kappa shape index (κ1) is 24.1. The lowest BCUT2D eigenvalue weighted by molar-refractivity contribution is 0.167. The number of aliphatic imine (C=N–C) groups is 1. The molecule has 1 aromatic rings. The molecule has 1 aliphatic rings. The van der Waals surface area contributed by atoms with Crippen LogP contribution in [0, 0.1) is 0 Å². The zero-order valence-electron chi connectivity index (χ0n) is 16.3. The molecule has 2 rings (SSSR count). The second-order valence-electron chi connectivity index (χ2n) is 6.94. The second-order valence-corrected chi connectivity index (χ2v) is 8.50. The van der Waals surface area contributed by atoms with Gasteiger partial charge in [-0.2, -0.15) is 0 Å². The number of likely N-dealkylation sites (tertiary alicyclic amines) is 1. The molecule has 154 valence electrons. The van der Waals surface area contributed by atoms with Crippen molar-refractivity contribution < 1.29 is 8.42 Å². The van der Waals surface area contributed by atoms with Crippen LogP contribution in [0.2, 0.25) is 0 Å².